The molecular formula is C15H23ClN4O. The predicted molar refractivity (Wildman–Crippen MR) is 87.7 cm³/mol. The minimum atomic E-state index is 0.00272. The van der Waals surface area contributed by atoms with Gasteiger partial charge in [-0.3, -0.25) is 4.79 Å². The second-order valence-electron chi connectivity index (χ2n) is 4.92. The first-order valence-corrected chi connectivity index (χ1v) is 7.29. The Balaban J connectivity index is 2.66. The minimum Gasteiger partial charge on any atom is -0.357 e. The Labute approximate surface area is 131 Å². The van der Waals surface area contributed by atoms with Gasteiger partial charge in [-0.1, -0.05) is 23.7 Å². The SMILES string of the molecule is CCNC(=NCc1ccc(Cl)c(C)c1)NCC(=O)N(C)C. The zero-order valence-corrected chi connectivity index (χ0v) is 13.8. The fraction of sp³-hybridized carbons (Fsp3) is 0.467. The molecule has 0 aliphatic rings. The quantitative estimate of drug-likeness (QED) is 0.644. The number of carbonyl (C=O) groups is 1. The lowest BCUT2D eigenvalue weighted by atomic mass is 10.1. The zero-order valence-electron chi connectivity index (χ0n) is 13.0. The number of nitrogens with one attached hydrogen (secondary N) is 2. The topological polar surface area (TPSA) is 56.7 Å². The summed E-state index contributed by atoms with van der Waals surface area (Å²) in [6, 6.07) is 5.84. The Morgan fingerprint density at radius 1 is 1.33 bits per heavy atom. The van der Waals surface area contributed by atoms with Crippen LogP contribution in [-0.2, 0) is 11.3 Å². The third-order valence-corrected chi connectivity index (χ3v) is 3.32. The Kier molecular flexibility index (Phi) is 7.02. The molecule has 0 saturated heterocycles. The number of rotatable bonds is 5. The second kappa shape index (κ2) is 8.52. The predicted octanol–water partition coefficient (Wildman–Crippen LogP) is 1.79. The maximum atomic E-state index is 11.6. The second-order valence-corrected chi connectivity index (χ2v) is 5.33. The van der Waals surface area contributed by atoms with Crippen LogP contribution in [0, 0.1) is 6.92 Å². The summed E-state index contributed by atoms with van der Waals surface area (Å²) in [5, 5.41) is 6.89. The van der Waals surface area contributed by atoms with Crippen molar-refractivity contribution in [3.05, 3.63) is 34.3 Å². The molecule has 0 aliphatic carbocycles. The zero-order chi connectivity index (χ0) is 15.8. The van der Waals surface area contributed by atoms with Gasteiger partial charge in [0.05, 0.1) is 13.1 Å². The van der Waals surface area contributed by atoms with E-state index in [0.717, 1.165) is 22.7 Å². The van der Waals surface area contributed by atoms with Crippen molar-refractivity contribution in [1.29, 1.82) is 0 Å². The Morgan fingerprint density at radius 3 is 2.62 bits per heavy atom. The van der Waals surface area contributed by atoms with E-state index >= 15 is 0 Å². The molecule has 0 fully saturated rings. The molecule has 0 heterocycles. The standard InChI is InChI=1S/C15H23ClN4O/c1-5-17-15(19-10-14(21)20(3)4)18-9-12-6-7-13(16)11(2)8-12/h6-8H,5,9-10H2,1-4H3,(H2,17,18,19). The molecule has 1 amide bonds. The maximum absolute atomic E-state index is 11.6. The lowest BCUT2D eigenvalue weighted by Gasteiger charge is -2.14. The highest BCUT2D eigenvalue weighted by molar-refractivity contribution is 6.31. The highest BCUT2D eigenvalue weighted by Gasteiger charge is 2.05. The molecule has 0 saturated carbocycles. The fourth-order valence-electron chi connectivity index (χ4n) is 1.63. The molecule has 0 aliphatic heterocycles. The van der Waals surface area contributed by atoms with Crippen LogP contribution in [0.3, 0.4) is 0 Å². The van der Waals surface area contributed by atoms with Crippen molar-refractivity contribution in [1.82, 2.24) is 15.5 Å². The number of hydrogen-bond acceptors (Lipinski definition) is 2. The smallest absolute Gasteiger partial charge is 0.241 e. The molecule has 1 aromatic rings. The summed E-state index contributed by atoms with van der Waals surface area (Å²) < 4.78 is 0. The molecule has 5 nitrogen and oxygen atoms in total. The fourth-order valence-corrected chi connectivity index (χ4v) is 1.75. The van der Waals surface area contributed by atoms with Crippen molar-refractivity contribution in [2.75, 3.05) is 27.2 Å². The molecular weight excluding hydrogens is 288 g/mol. The summed E-state index contributed by atoms with van der Waals surface area (Å²) in [4.78, 5) is 17.6. The molecule has 2 N–H and O–H groups in total. The van der Waals surface area contributed by atoms with Crippen LogP contribution in [0.25, 0.3) is 0 Å². The van der Waals surface area contributed by atoms with Crippen LogP contribution < -0.4 is 10.6 Å². The van der Waals surface area contributed by atoms with Crippen LogP contribution >= 0.6 is 11.6 Å². The normalized spacial score (nSPS) is 11.2. The first kappa shape index (κ1) is 17.3. The van der Waals surface area contributed by atoms with Gasteiger partial charge < -0.3 is 15.5 Å². The molecule has 1 aromatic carbocycles. The number of guanidine groups is 1. The summed E-state index contributed by atoms with van der Waals surface area (Å²) in [5.74, 6) is 0.628. The van der Waals surface area contributed by atoms with Gasteiger partial charge >= 0.3 is 0 Å². The minimum absolute atomic E-state index is 0.00272. The third kappa shape index (κ3) is 6.04. The van der Waals surface area contributed by atoms with Gasteiger partial charge in [0.2, 0.25) is 5.91 Å². The lowest BCUT2D eigenvalue weighted by Crippen LogP contribution is -2.42. The Hall–Kier alpha value is -1.75. The van der Waals surface area contributed by atoms with Gasteiger partial charge in [-0.2, -0.15) is 0 Å². The van der Waals surface area contributed by atoms with E-state index in [9.17, 15) is 4.79 Å². The number of amides is 1. The molecule has 0 atom stereocenters. The molecule has 0 unspecified atom stereocenters. The number of hydrogen-bond donors (Lipinski definition) is 2. The molecule has 0 bridgehead atoms. The van der Waals surface area contributed by atoms with E-state index in [1.54, 1.807) is 19.0 Å². The van der Waals surface area contributed by atoms with Crippen molar-refractivity contribution >= 4 is 23.5 Å². The molecule has 0 radical (unpaired) electrons. The summed E-state index contributed by atoms with van der Waals surface area (Å²) in [6.45, 7) is 5.44. The summed E-state index contributed by atoms with van der Waals surface area (Å²) in [6.07, 6.45) is 0. The first-order valence-electron chi connectivity index (χ1n) is 6.91. The van der Waals surface area contributed by atoms with Crippen molar-refractivity contribution < 1.29 is 4.79 Å². The van der Waals surface area contributed by atoms with E-state index in [1.807, 2.05) is 32.0 Å². The third-order valence-electron chi connectivity index (χ3n) is 2.89. The van der Waals surface area contributed by atoms with Crippen molar-refractivity contribution in [3.8, 4) is 0 Å². The van der Waals surface area contributed by atoms with E-state index in [4.69, 9.17) is 11.6 Å². The molecule has 21 heavy (non-hydrogen) atoms. The average Bonchev–Trinajstić information content (AvgIpc) is 2.45. The average molecular weight is 311 g/mol. The molecule has 6 heteroatoms. The van der Waals surface area contributed by atoms with Crippen molar-refractivity contribution in [3.63, 3.8) is 0 Å². The van der Waals surface area contributed by atoms with Gasteiger partial charge in [-0.25, -0.2) is 4.99 Å². The monoisotopic (exact) mass is 310 g/mol. The van der Waals surface area contributed by atoms with E-state index in [2.05, 4.69) is 15.6 Å². The van der Waals surface area contributed by atoms with Crippen LogP contribution in [0.2, 0.25) is 5.02 Å². The highest BCUT2D eigenvalue weighted by atomic mass is 35.5. The maximum Gasteiger partial charge on any atom is 0.241 e. The largest absolute Gasteiger partial charge is 0.357 e. The van der Waals surface area contributed by atoms with Crippen molar-refractivity contribution in [2.24, 2.45) is 4.99 Å². The number of benzene rings is 1. The number of aliphatic imine (C=N–C) groups is 1. The van der Waals surface area contributed by atoms with E-state index in [0.29, 0.717) is 12.5 Å². The molecule has 0 aromatic heterocycles. The lowest BCUT2D eigenvalue weighted by molar-refractivity contribution is -0.127. The molecule has 0 spiro atoms. The number of carbonyl (C=O) groups excluding carboxylic acids is 1. The highest BCUT2D eigenvalue weighted by Crippen LogP contribution is 2.16. The van der Waals surface area contributed by atoms with Crippen LogP contribution in [0.1, 0.15) is 18.1 Å². The number of aryl methyl sites for hydroxylation is 1. The summed E-state index contributed by atoms with van der Waals surface area (Å²) >= 11 is 6.00. The van der Waals surface area contributed by atoms with Crippen molar-refractivity contribution in [2.45, 2.75) is 20.4 Å². The van der Waals surface area contributed by atoms with Gasteiger partial charge in [0.1, 0.15) is 0 Å². The summed E-state index contributed by atoms with van der Waals surface area (Å²) in [5.41, 5.74) is 2.11. The van der Waals surface area contributed by atoms with Crippen LogP contribution in [0.5, 0.6) is 0 Å². The first-order chi connectivity index (χ1) is 9.93. The van der Waals surface area contributed by atoms with E-state index in [1.165, 1.54) is 0 Å². The van der Waals surface area contributed by atoms with Crippen LogP contribution in [0.15, 0.2) is 23.2 Å². The molecule has 116 valence electrons. The number of halogens is 1. The van der Waals surface area contributed by atoms with Crippen LogP contribution in [-0.4, -0.2) is 44.0 Å². The molecule has 1 rings (SSSR count). The summed E-state index contributed by atoms with van der Waals surface area (Å²) in [7, 11) is 3.45. The Bertz CT molecular complexity index is 514. The Morgan fingerprint density at radius 2 is 2.05 bits per heavy atom. The van der Waals surface area contributed by atoms with Gasteiger partial charge in [0.15, 0.2) is 5.96 Å². The van der Waals surface area contributed by atoms with E-state index < -0.39 is 0 Å². The van der Waals surface area contributed by atoms with Gasteiger partial charge in [-0.15, -0.1) is 0 Å². The number of likely N-dealkylation sites (N-methyl/N-ethyl adjacent to an activating group) is 1. The van der Waals surface area contributed by atoms with Gasteiger partial charge in [0.25, 0.3) is 0 Å². The van der Waals surface area contributed by atoms with Gasteiger partial charge in [0, 0.05) is 25.7 Å². The number of nitrogens with zero attached hydrogens (tertiary/aromatic N) is 2. The van der Waals surface area contributed by atoms with Crippen LogP contribution in [0.4, 0.5) is 0 Å². The van der Waals surface area contributed by atoms with E-state index in [-0.39, 0.29) is 12.5 Å². The van der Waals surface area contributed by atoms with Gasteiger partial charge in [-0.05, 0) is 31.0 Å².